The second kappa shape index (κ2) is 7.12. The standard InChI is InChI=1S/C16H19N5O3/c1-12-10-13(19-24-12)18-15(22)11-16(23)21-8-6-20(7-9-21)14-4-2-3-5-17-14/h2-5,10H,6-9,11H2,1H3,(H,18,19,22). The Kier molecular flexibility index (Phi) is 4.74. The molecule has 1 aliphatic rings. The third-order valence-electron chi connectivity index (χ3n) is 3.81. The van der Waals surface area contributed by atoms with Crippen LogP contribution in [-0.4, -0.2) is 53.0 Å². The number of anilines is 2. The first kappa shape index (κ1) is 16.0. The van der Waals surface area contributed by atoms with Crippen LogP contribution in [0.1, 0.15) is 12.2 Å². The van der Waals surface area contributed by atoms with E-state index in [2.05, 4.69) is 20.4 Å². The Morgan fingerprint density at radius 3 is 2.67 bits per heavy atom. The fraction of sp³-hybridized carbons (Fsp3) is 0.375. The quantitative estimate of drug-likeness (QED) is 0.843. The second-order valence-corrected chi connectivity index (χ2v) is 5.60. The minimum absolute atomic E-state index is 0.187. The first-order valence-electron chi connectivity index (χ1n) is 7.79. The lowest BCUT2D eigenvalue weighted by Gasteiger charge is -2.35. The molecule has 0 unspecified atom stereocenters. The van der Waals surface area contributed by atoms with Crippen LogP contribution >= 0.6 is 0 Å². The predicted octanol–water partition coefficient (Wildman–Crippen LogP) is 1.06. The molecule has 0 radical (unpaired) electrons. The molecular weight excluding hydrogens is 310 g/mol. The molecule has 1 aliphatic heterocycles. The lowest BCUT2D eigenvalue weighted by Crippen LogP contribution is -2.49. The summed E-state index contributed by atoms with van der Waals surface area (Å²) in [5, 5.41) is 6.23. The van der Waals surface area contributed by atoms with Crippen LogP contribution in [0.25, 0.3) is 0 Å². The number of hydrogen-bond acceptors (Lipinski definition) is 6. The number of carbonyl (C=O) groups is 2. The molecule has 0 saturated carbocycles. The van der Waals surface area contributed by atoms with Gasteiger partial charge in [-0.25, -0.2) is 4.98 Å². The van der Waals surface area contributed by atoms with Gasteiger partial charge in [0.05, 0.1) is 0 Å². The molecule has 3 heterocycles. The van der Waals surface area contributed by atoms with Crippen LogP contribution in [0, 0.1) is 6.92 Å². The Labute approximate surface area is 139 Å². The van der Waals surface area contributed by atoms with Gasteiger partial charge >= 0.3 is 0 Å². The Hall–Kier alpha value is -2.90. The van der Waals surface area contributed by atoms with Gasteiger partial charge in [0.15, 0.2) is 5.82 Å². The van der Waals surface area contributed by atoms with Crippen molar-refractivity contribution in [1.29, 1.82) is 0 Å². The number of amides is 2. The van der Waals surface area contributed by atoms with Crippen molar-refractivity contribution in [3.05, 3.63) is 36.2 Å². The van der Waals surface area contributed by atoms with Crippen molar-refractivity contribution >= 4 is 23.5 Å². The molecule has 2 amide bonds. The number of nitrogens with one attached hydrogen (secondary N) is 1. The molecule has 3 rings (SSSR count). The maximum Gasteiger partial charge on any atom is 0.235 e. The van der Waals surface area contributed by atoms with E-state index in [4.69, 9.17) is 4.52 Å². The summed E-state index contributed by atoms with van der Waals surface area (Å²) in [7, 11) is 0. The Balaban J connectivity index is 1.47. The molecule has 0 atom stereocenters. The third-order valence-corrected chi connectivity index (χ3v) is 3.81. The van der Waals surface area contributed by atoms with Gasteiger partial charge in [-0.05, 0) is 19.1 Å². The Morgan fingerprint density at radius 2 is 2.04 bits per heavy atom. The van der Waals surface area contributed by atoms with Gasteiger partial charge in [-0.15, -0.1) is 0 Å². The van der Waals surface area contributed by atoms with Crippen molar-refractivity contribution < 1.29 is 14.1 Å². The van der Waals surface area contributed by atoms with Crippen LogP contribution in [-0.2, 0) is 9.59 Å². The summed E-state index contributed by atoms with van der Waals surface area (Å²) >= 11 is 0. The Bertz CT molecular complexity index is 708. The minimum Gasteiger partial charge on any atom is -0.360 e. The monoisotopic (exact) mass is 329 g/mol. The summed E-state index contributed by atoms with van der Waals surface area (Å²) in [6, 6.07) is 7.37. The molecule has 1 fully saturated rings. The second-order valence-electron chi connectivity index (χ2n) is 5.60. The third kappa shape index (κ3) is 3.89. The van der Waals surface area contributed by atoms with Crippen molar-refractivity contribution in [2.45, 2.75) is 13.3 Å². The molecule has 0 aromatic carbocycles. The number of nitrogens with zero attached hydrogens (tertiary/aromatic N) is 4. The fourth-order valence-electron chi connectivity index (χ4n) is 2.59. The van der Waals surface area contributed by atoms with Gasteiger partial charge in [0, 0.05) is 38.4 Å². The zero-order chi connectivity index (χ0) is 16.9. The molecule has 2 aromatic rings. The first-order chi connectivity index (χ1) is 11.6. The molecule has 1 saturated heterocycles. The lowest BCUT2D eigenvalue weighted by atomic mass is 10.2. The van der Waals surface area contributed by atoms with E-state index in [1.54, 1.807) is 24.1 Å². The highest BCUT2D eigenvalue weighted by Crippen LogP contribution is 2.13. The number of pyridine rings is 1. The van der Waals surface area contributed by atoms with Crippen molar-refractivity contribution in [3.8, 4) is 0 Å². The van der Waals surface area contributed by atoms with Gasteiger partial charge in [0.2, 0.25) is 11.8 Å². The Morgan fingerprint density at radius 1 is 1.25 bits per heavy atom. The zero-order valence-corrected chi connectivity index (χ0v) is 13.4. The number of hydrogen-bond donors (Lipinski definition) is 1. The number of aryl methyl sites for hydroxylation is 1. The topological polar surface area (TPSA) is 91.6 Å². The average Bonchev–Trinajstić information content (AvgIpc) is 3.00. The van der Waals surface area contributed by atoms with Gasteiger partial charge in [-0.2, -0.15) is 0 Å². The van der Waals surface area contributed by atoms with Crippen LogP contribution in [0.4, 0.5) is 11.6 Å². The summed E-state index contributed by atoms with van der Waals surface area (Å²) < 4.78 is 4.87. The van der Waals surface area contributed by atoms with Crippen molar-refractivity contribution in [2.24, 2.45) is 0 Å². The summed E-state index contributed by atoms with van der Waals surface area (Å²) in [5.74, 6) is 1.25. The van der Waals surface area contributed by atoms with E-state index in [0.29, 0.717) is 37.8 Å². The van der Waals surface area contributed by atoms with Crippen LogP contribution < -0.4 is 10.2 Å². The summed E-state index contributed by atoms with van der Waals surface area (Å²) in [5.41, 5.74) is 0. The summed E-state index contributed by atoms with van der Waals surface area (Å²) in [6.07, 6.45) is 1.55. The molecule has 8 heteroatoms. The smallest absolute Gasteiger partial charge is 0.235 e. The number of aromatic nitrogens is 2. The van der Waals surface area contributed by atoms with E-state index in [1.807, 2.05) is 18.2 Å². The SMILES string of the molecule is Cc1cc(NC(=O)CC(=O)N2CCN(c3ccccn3)CC2)no1. The van der Waals surface area contributed by atoms with Crippen LogP contribution in [0.2, 0.25) is 0 Å². The summed E-state index contributed by atoms with van der Waals surface area (Å²) in [4.78, 5) is 32.3. The number of carbonyl (C=O) groups excluding carboxylic acids is 2. The lowest BCUT2D eigenvalue weighted by molar-refractivity contribution is -0.134. The van der Waals surface area contributed by atoms with Gasteiger partial charge < -0.3 is 19.6 Å². The fourth-order valence-corrected chi connectivity index (χ4v) is 2.59. The van der Waals surface area contributed by atoms with Crippen LogP contribution in [0.3, 0.4) is 0 Å². The van der Waals surface area contributed by atoms with E-state index in [9.17, 15) is 9.59 Å². The molecular formula is C16H19N5O3. The number of rotatable bonds is 4. The molecule has 0 bridgehead atoms. The van der Waals surface area contributed by atoms with E-state index in [0.717, 1.165) is 5.82 Å². The minimum atomic E-state index is -0.388. The van der Waals surface area contributed by atoms with E-state index in [1.165, 1.54) is 0 Å². The van der Waals surface area contributed by atoms with Crippen molar-refractivity contribution in [3.63, 3.8) is 0 Å². The summed E-state index contributed by atoms with van der Waals surface area (Å²) in [6.45, 7) is 4.28. The highest BCUT2D eigenvalue weighted by molar-refractivity contribution is 6.03. The van der Waals surface area contributed by atoms with Gasteiger partial charge in [0.1, 0.15) is 18.0 Å². The number of piperazine rings is 1. The first-order valence-corrected chi connectivity index (χ1v) is 7.79. The van der Waals surface area contributed by atoms with Crippen molar-refractivity contribution in [1.82, 2.24) is 15.0 Å². The highest BCUT2D eigenvalue weighted by atomic mass is 16.5. The molecule has 1 N–H and O–H groups in total. The van der Waals surface area contributed by atoms with Gasteiger partial charge in [0.25, 0.3) is 0 Å². The largest absolute Gasteiger partial charge is 0.360 e. The van der Waals surface area contributed by atoms with Crippen LogP contribution in [0.15, 0.2) is 35.0 Å². The van der Waals surface area contributed by atoms with E-state index < -0.39 is 0 Å². The van der Waals surface area contributed by atoms with Gasteiger partial charge in [-0.3, -0.25) is 9.59 Å². The maximum atomic E-state index is 12.2. The van der Waals surface area contributed by atoms with Crippen molar-refractivity contribution in [2.75, 3.05) is 36.4 Å². The maximum absolute atomic E-state index is 12.2. The molecule has 8 nitrogen and oxygen atoms in total. The molecule has 0 aliphatic carbocycles. The predicted molar refractivity (Wildman–Crippen MR) is 87.5 cm³/mol. The zero-order valence-electron chi connectivity index (χ0n) is 13.4. The van der Waals surface area contributed by atoms with Crippen LogP contribution in [0.5, 0.6) is 0 Å². The normalized spacial score (nSPS) is 14.5. The molecule has 2 aromatic heterocycles. The van der Waals surface area contributed by atoms with E-state index >= 15 is 0 Å². The molecule has 24 heavy (non-hydrogen) atoms. The van der Waals surface area contributed by atoms with E-state index in [-0.39, 0.29) is 18.2 Å². The average molecular weight is 329 g/mol. The molecule has 126 valence electrons. The van der Waals surface area contributed by atoms with Gasteiger partial charge in [-0.1, -0.05) is 11.2 Å². The highest BCUT2D eigenvalue weighted by Gasteiger charge is 2.23. The molecule has 0 spiro atoms.